The van der Waals surface area contributed by atoms with Crippen molar-refractivity contribution >= 4 is 0 Å². The first-order valence-electron chi connectivity index (χ1n) is 7.02. The molecule has 1 aromatic rings. The fourth-order valence-corrected chi connectivity index (χ4v) is 2.95. The molecule has 1 saturated carbocycles. The Labute approximate surface area is 110 Å². The monoisotopic (exact) mass is 251 g/mol. The molecule has 1 heterocycles. The van der Waals surface area contributed by atoms with E-state index in [1.165, 1.54) is 25.0 Å². The number of aromatic nitrogens is 2. The molecule has 0 aliphatic heterocycles. The third-order valence-corrected chi connectivity index (χ3v) is 3.93. The van der Waals surface area contributed by atoms with E-state index in [0.717, 1.165) is 18.6 Å². The summed E-state index contributed by atoms with van der Waals surface area (Å²) in [5, 5.41) is 4.46. The maximum Gasteiger partial charge on any atom is 0.160 e. The predicted octanol–water partition coefficient (Wildman–Crippen LogP) is 2.85. The van der Waals surface area contributed by atoms with Gasteiger partial charge in [-0.25, -0.2) is 0 Å². The van der Waals surface area contributed by atoms with E-state index in [1.807, 2.05) is 6.20 Å². The molecule has 0 aromatic carbocycles. The Morgan fingerprint density at radius 3 is 2.72 bits per heavy atom. The van der Waals surface area contributed by atoms with Crippen LogP contribution in [-0.4, -0.2) is 22.9 Å². The number of hydrogen-bond donors (Lipinski definition) is 1. The summed E-state index contributed by atoms with van der Waals surface area (Å²) < 4.78 is 7.56. The van der Waals surface area contributed by atoms with Gasteiger partial charge in [-0.05, 0) is 26.7 Å². The van der Waals surface area contributed by atoms with Crippen LogP contribution in [0.4, 0.5) is 0 Å². The molecular formula is C14H25N3O. The summed E-state index contributed by atoms with van der Waals surface area (Å²) in [4.78, 5) is 0. The molecule has 0 radical (unpaired) electrons. The first-order chi connectivity index (χ1) is 8.65. The van der Waals surface area contributed by atoms with E-state index >= 15 is 0 Å². The second-order valence-corrected chi connectivity index (χ2v) is 5.54. The maximum atomic E-state index is 6.37. The maximum absolute atomic E-state index is 6.37. The Balaban J connectivity index is 2.37. The number of ether oxygens (including phenoxy) is 1. The molecule has 2 unspecified atom stereocenters. The van der Waals surface area contributed by atoms with E-state index in [9.17, 15) is 0 Å². The van der Waals surface area contributed by atoms with Gasteiger partial charge >= 0.3 is 0 Å². The molecule has 1 aliphatic rings. The minimum atomic E-state index is 0.232. The lowest BCUT2D eigenvalue weighted by molar-refractivity contribution is 0.379. The smallest absolute Gasteiger partial charge is 0.160 e. The van der Waals surface area contributed by atoms with Gasteiger partial charge in [-0.1, -0.05) is 19.3 Å². The number of nitrogens with zero attached hydrogens (tertiary/aromatic N) is 2. The first-order valence-corrected chi connectivity index (χ1v) is 7.02. The largest absolute Gasteiger partial charge is 0.493 e. The van der Waals surface area contributed by atoms with Crippen molar-refractivity contribution in [2.45, 2.75) is 64.0 Å². The Morgan fingerprint density at radius 2 is 2.06 bits per heavy atom. The van der Waals surface area contributed by atoms with Crippen LogP contribution >= 0.6 is 0 Å². The van der Waals surface area contributed by atoms with Crippen molar-refractivity contribution in [1.29, 1.82) is 0 Å². The Morgan fingerprint density at radius 1 is 1.33 bits per heavy atom. The predicted molar refractivity (Wildman–Crippen MR) is 73.0 cm³/mol. The zero-order valence-corrected chi connectivity index (χ0v) is 11.7. The summed E-state index contributed by atoms with van der Waals surface area (Å²) in [5.41, 5.74) is 7.56. The zero-order chi connectivity index (χ0) is 13.1. The van der Waals surface area contributed by atoms with Gasteiger partial charge in [-0.15, -0.1) is 0 Å². The number of nitrogens with two attached hydrogens (primary N) is 1. The van der Waals surface area contributed by atoms with Crippen molar-refractivity contribution in [3.05, 3.63) is 11.9 Å². The minimum absolute atomic E-state index is 0.232. The van der Waals surface area contributed by atoms with Crippen LogP contribution in [0.2, 0.25) is 0 Å². The molecule has 0 spiro atoms. The van der Waals surface area contributed by atoms with E-state index in [2.05, 4.69) is 23.6 Å². The molecule has 2 N–H and O–H groups in total. The molecule has 4 heteroatoms. The minimum Gasteiger partial charge on any atom is -0.493 e. The highest BCUT2D eigenvalue weighted by Gasteiger charge is 2.29. The van der Waals surface area contributed by atoms with Gasteiger partial charge in [0.15, 0.2) is 5.75 Å². The highest BCUT2D eigenvalue weighted by atomic mass is 16.5. The van der Waals surface area contributed by atoms with E-state index in [4.69, 9.17) is 10.5 Å². The van der Waals surface area contributed by atoms with E-state index in [-0.39, 0.29) is 6.04 Å². The molecule has 1 aliphatic carbocycles. The fourth-order valence-electron chi connectivity index (χ4n) is 2.95. The van der Waals surface area contributed by atoms with Gasteiger partial charge in [-0.3, -0.25) is 4.68 Å². The lowest BCUT2D eigenvalue weighted by Gasteiger charge is -2.24. The highest BCUT2D eigenvalue weighted by Crippen LogP contribution is 2.37. The second kappa shape index (κ2) is 5.74. The summed E-state index contributed by atoms with van der Waals surface area (Å²) >= 11 is 0. The molecule has 18 heavy (non-hydrogen) atoms. The summed E-state index contributed by atoms with van der Waals surface area (Å²) in [6.45, 7) is 4.30. The number of hydrogen-bond acceptors (Lipinski definition) is 3. The van der Waals surface area contributed by atoms with E-state index < -0.39 is 0 Å². The molecular weight excluding hydrogens is 226 g/mol. The molecule has 2 atom stereocenters. The Hall–Kier alpha value is -1.03. The SMILES string of the molecule is COc1cnn(C(C)C)c1C1CCCCCC1N. The summed E-state index contributed by atoms with van der Waals surface area (Å²) in [6.07, 6.45) is 7.88. The summed E-state index contributed by atoms with van der Waals surface area (Å²) in [7, 11) is 1.72. The first kappa shape index (κ1) is 13.4. The van der Waals surface area contributed by atoms with Crippen molar-refractivity contribution < 1.29 is 4.74 Å². The van der Waals surface area contributed by atoms with E-state index in [1.54, 1.807) is 7.11 Å². The Bertz CT molecular complexity index is 386. The van der Waals surface area contributed by atoms with Gasteiger partial charge in [0.05, 0.1) is 19.0 Å². The average molecular weight is 251 g/mol. The van der Waals surface area contributed by atoms with Crippen molar-refractivity contribution in [2.75, 3.05) is 7.11 Å². The van der Waals surface area contributed by atoms with Crippen LogP contribution in [0.1, 0.15) is 63.6 Å². The lowest BCUT2D eigenvalue weighted by Crippen LogP contribution is -2.29. The quantitative estimate of drug-likeness (QED) is 0.840. The highest BCUT2D eigenvalue weighted by molar-refractivity contribution is 5.30. The molecule has 1 aromatic heterocycles. The van der Waals surface area contributed by atoms with Crippen molar-refractivity contribution in [1.82, 2.24) is 9.78 Å². The average Bonchev–Trinajstić information content (AvgIpc) is 2.66. The molecule has 0 amide bonds. The third-order valence-electron chi connectivity index (χ3n) is 3.93. The Kier molecular flexibility index (Phi) is 4.27. The zero-order valence-electron chi connectivity index (χ0n) is 11.7. The molecule has 1 fully saturated rings. The van der Waals surface area contributed by atoms with Gasteiger partial charge in [0.2, 0.25) is 0 Å². The van der Waals surface area contributed by atoms with Gasteiger partial charge in [0, 0.05) is 18.0 Å². The van der Waals surface area contributed by atoms with Crippen LogP contribution in [0.5, 0.6) is 5.75 Å². The molecule has 4 nitrogen and oxygen atoms in total. The van der Waals surface area contributed by atoms with Gasteiger partial charge in [0.1, 0.15) is 0 Å². The van der Waals surface area contributed by atoms with Gasteiger partial charge in [0.25, 0.3) is 0 Å². The van der Waals surface area contributed by atoms with Crippen molar-refractivity contribution in [2.24, 2.45) is 5.73 Å². The van der Waals surface area contributed by atoms with Crippen LogP contribution in [0.25, 0.3) is 0 Å². The molecule has 102 valence electrons. The molecule has 0 saturated heterocycles. The van der Waals surface area contributed by atoms with Crippen molar-refractivity contribution in [3.63, 3.8) is 0 Å². The topological polar surface area (TPSA) is 53.1 Å². The van der Waals surface area contributed by atoms with Gasteiger partial charge < -0.3 is 10.5 Å². The standard InChI is InChI=1S/C14H25N3O/c1-10(2)17-14(13(18-3)9-16-17)11-7-5-4-6-8-12(11)15/h9-12H,4-8,15H2,1-3H3. The number of rotatable bonds is 3. The summed E-state index contributed by atoms with van der Waals surface area (Å²) in [6, 6.07) is 0.579. The lowest BCUT2D eigenvalue weighted by atomic mass is 9.91. The number of methoxy groups -OCH3 is 1. The van der Waals surface area contributed by atoms with Crippen LogP contribution in [0, 0.1) is 0 Å². The van der Waals surface area contributed by atoms with Crippen molar-refractivity contribution in [3.8, 4) is 5.75 Å². The molecule has 2 rings (SSSR count). The fraction of sp³-hybridized carbons (Fsp3) is 0.786. The molecule has 0 bridgehead atoms. The second-order valence-electron chi connectivity index (χ2n) is 5.54. The third kappa shape index (κ3) is 2.53. The van der Waals surface area contributed by atoms with Gasteiger partial charge in [-0.2, -0.15) is 5.10 Å². The van der Waals surface area contributed by atoms with Crippen LogP contribution in [0.3, 0.4) is 0 Å². The van der Waals surface area contributed by atoms with Crippen LogP contribution in [-0.2, 0) is 0 Å². The van der Waals surface area contributed by atoms with E-state index in [0.29, 0.717) is 12.0 Å². The van der Waals surface area contributed by atoms with Crippen LogP contribution < -0.4 is 10.5 Å². The summed E-state index contributed by atoms with van der Waals surface area (Å²) in [5.74, 6) is 1.28. The van der Waals surface area contributed by atoms with Crippen LogP contribution in [0.15, 0.2) is 6.20 Å². The normalized spacial score (nSPS) is 25.2.